The highest BCUT2D eigenvalue weighted by atomic mass is 16.4. The minimum absolute atomic E-state index is 0.0764. The van der Waals surface area contributed by atoms with Crippen LogP contribution in [0, 0.1) is 6.42 Å². The Morgan fingerprint density at radius 3 is 2.75 bits per heavy atom. The first-order valence-corrected chi connectivity index (χ1v) is 5.37. The Kier molecular flexibility index (Phi) is 5.08. The van der Waals surface area contributed by atoms with Crippen LogP contribution in [0.3, 0.4) is 0 Å². The number of nitrogens with two attached hydrogens (primary N) is 1. The number of aliphatic hydroxyl groups excluding tert-OH is 3. The molecule has 16 heavy (non-hydrogen) atoms. The number of aliphatic hydroxyl groups is 3. The first-order valence-electron chi connectivity index (χ1n) is 5.37. The summed E-state index contributed by atoms with van der Waals surface area (Å²) in [4.78, 5) is 11.4. The number of hydrogen-bond donors (Lipinski definition) is 4. The number of hydrogen-bond acceptors (Lipinski definition) is 5. The first kappa shape index (κ1) is 13.3. The van der Waals surface area contributed by atoms with Crippen molar-refractivity contribution in [3.8, 4) is 0 Å². The Labute approximate surface area is 94.6 Å². The van der Waals surface area contributed by atoms with Crippen molar-refractivity contribution in [2.45, 2.75) is 37.6 Å². The van der Waals surface area contributed by atoms with Crippen LogP contribution >= 0.6 is 0 Å². The fourth-order valence-electron chi connectivity index (χ4n) is 1.64. The van der Waals surface area contributed by atoms with Crippen LogP contribution in [0.5, 0.6) is 0 Å². The zero-order valence-electron chi connectivity index (χ0n) is 9.04. The Bertz CT molecular complexity index is 277. The van der Waals surface area contributed by atoms with Crippen molar-refractivity contribution >= 4 is 5.78 Å². The van der Waals surface area contributed by atoms with Crippen LogP contribution in [-0.2, 0) is 4.79 Å². The van der Waals surface area contributed by atoms with Gasteiger partial charge >= 0.3 is 0 Å². The van der Waals surface area contributed by atoms with Gasteiger partial charge in [0.1, 0.15) is 18.0 Å². The van der Waals surface area contributed by atoms with Crippen molar-refractivity contribution in [1.82, 2.24) is 0 Å². The molecule has 0 saturated carbocycles. The molecule has 0 spiro atoms. The molecule has 1 aliphatic rings. The average Bonchev–Trinajstić information content (AvgIpc) is 2.23. The SMILES string of the molecule is NCCCC(=O)[CH]C1=CC(O)C(O)C(O)C1. The van der Waals surface area contributed by atoms with Crippen LogP contribution in [0.15, 0.2) is 11.6 Å². The summed E-state index contributed by atoms with van der Waals surface area (Å²) in [5, 5.41) is 28.1. The predicted octanol–water partition coefficient (Wildman–Crippen LogP) is -1.09. The van der Waals surface area contributed by atoms with Gasteiger partial charge in [0.2, 0.25) is 0 Å². The average molecular weight is 228 g/mol. The molecular formula is C11H18NO4. The van der Waals surface area contributed by atoms with Gasteiger partial charge in [-0.3, -0.25) is 4.79 Å². The summed E-state index contributed by atoms with van der Waals surface area (Å²) in [6.45, 7) is 0.461. The van der Waals surface area contributed by atoms with Crippen LogP contribution in [0.4, 0.5) is 0 Å². The molecular weight excluding hydrogens is 210 g/mol. The maximum Gasteiger partial charge on any atom is 0.141 e. The second-order valence-electron chi connectivity index (χ2n) is 4.00. The smallest absolute Gasteiger partial charge is 0.141 e. The van der Waals surface area contributed by atoms with Crippen LogP contribution in [0.1, 0.15) is 19.3 Å². The number of carbonyl (C=O) groups is 1. The van der Waals surface area contributed by atoms with Crippen LogP contribution in [0.2, 0.25) is 0 Å². The Morgan fingerprint density at radius 2 is 2.19 bits per heavy atom. The van der Waals surface area contributed by atoms with Gasteiger partial charge in [-0.05, 0) is 19.4 Å². The summed E-state index contributed by atoms with van der Waals surface area (Å²) < 4.78 is 0. The predicted molar refractivity (Wildman–Crippen MR) is 58.3 cm³/mol. The molecule has 5 heteroatoms. The summed E-state index contributed by atoms with van der Waals surface area (Å²) >= 11 is 0. The van der Waals surface area contributed by atoms with Crippen molar-refractivity contribution < 1.29 is 20.1 Å². The standard InChI is InChI=1S/C11H18NO4/c12-3-1-2-8(13)4-7-5-9(14)11(16)10(15)6-7/h4-5,9-11,14-16H,1-3,6,12H2. The molecule has 3 unspecified atom stereocenters. The monoisotopic (exact) mass is 228 g/mol. The van der Waals surface area contributed by atoms with Gasteiger partial charge in [0.05, 0.1) is 12.5 Å². The fourth-order valence-corrected chi connectivity index (χ4v) is 1.64. The molecule has 0 aliphatic heterocycles. The number of rotatable bonds is 5. The van der Waals surface area contributed by atoms with Gasteiger partial charge in [-0.2, -0.15) is 0 Å². The molecule has 1 radical (unpaired) electrons. The summed E-state index contributed by atoms with van der Waals surface area (Å²) in [5.41, 5.74) is 5.84. The van der Waals surface area contributed by atoms with Crippen LogP contribution < -0.4 is 5.73 Å². The van der Waals surface area contributed by atoms with E-state index in [0.29, 0.717) is 25.0 Å². The number of carbonyl (C=O) groups excluding carboxylic acids is 1. The summed E-state index contributed by atoms with van der Waals surface area (Å²) in [6.07, 6.45) is 0.666. The molecule has 0 fully saturated rings. The molecule has 3 atom stereocenters. The molecule has 0 amide bonds. The van der Waals surface area contributed by atoms with E-state index in [0.717, 1.165) is 0 Å². The highest BCUT2D eigenvalue weighted by Crippen LogP contribution is 2.22. The van der Waals surface area contributed by atoms with E-state index < -0.39 is 18.3 Å². The van der Waals surface area contributed by atoms with Gasteiger partial charge in [-0.15, -0.1) is 0 Å². The highest BCUT2D eigenvalue weighted by Gasteiger charge is 2.29. The molecule has 91 valence electrons. The summed E-state index contributed by atoms with van der Waals surface area (Å²) in [5.74, 6) is -0.0764. The van der Waals surface area contributed by atoms with E-state index in [-0.39, 0.29) is 12.2 Å². The minimum atomic E-state index is -1.17. The lowest BCUT2D eigenvalue weighted by atomic mass is 9.89. The Hall–Kier alpha value is -0.750. The Balaban J connectivity index is 2.48. The van der Waals surface area contributed by atoms with E-state index in [9.17, 15) is 20.1 Å². The zero-order chi connectivity index (χ0) is 12.1. The van der Waals surface area contributed by atoms with Crippen molar-refractivity contribution in [2.75, 3.05) is 6.54 Å². The third-order valence-electron chi connectivity index (χ3n) is 2.55. The molecule has 5 N–H and O–H groups in total. The largest absolute Gasteiger partial charge is 0.390 e. The summed E-state index contributed by atoms with van der Waals surface area (Å²) in [6, 6.07) is 0. The van der Waals surface area contributed by atoms with E-state index >= 15 is 0 Å². The number of ketones is 1. The number of Topliss-reactive ketones (excluding diaryl/α,β-unsaturated/α-hetero) is 1. The second kappa shape index (κ2) is 6.10. The van der Waals surface area contributed by atoms with Gasteiger partial charge in [0.25, 0.3) is 0 Å². The first-order chi connectivity index (χ1) is 7.54. The van der Waals surface area contributed by atoms with Crippen molar-refractivity contribution in [3.63, 3.8) is 0 Å². The molecule has 1 aliphatic carbocycles. The maximum atomic E-state index is 11.4. The van der Waals surface area contributed by atoms with E-state index in [1.54, 1.807) is 0 Å². The lowest BCUT2D eigenvalue weighted by Gasteiger charge is -2.27. The van der Waals surface area contributed by atoms with Crippen molar-refractivity contribution in [2.24, 2.45) is 5.73 Å². The molecule has 0 aromatic carbocycles. The van der Waals surface area contributed by atoms with Gasteiger partial charge < -0.3 is 21.1 Å². The van der Waals surface area contributed by atoms with Crippen LogP contribution in [0.25, 0.3) is 0 Å². The third-order valence-corrected chi connectivity index (χ3v) is 2.55. The lowest BCUT2D eigenvalue weighted by molar-refractivity contribution is -0.115. The third kappa shape index (κ3) is 3.68. The molecule has 0 saturated heterocycles. The van der Waals surface area contributed by atoms with Crippen molar-refractivity contribution in [1.29, 1.82) is 0 Å². The van der Waals surface area contributed by atoms with E-state index in [2.05, 4.69) is 0 Å². The Morgan fingerprint density at radius 1 is 1.50 bits per heavy atom. The van der Waals surface area contributed by atoms with Gasteiger partial charge in [0, 0.05) is 6.42 Å². The van der Waals surface area contributed by atoms with Crippen LogP contribution in [-0.4, -0.2) is 46.0 Å². The van der Waals surface area contributed by atoms with Crippen molar-refractivity contribution in [3.05, 3.63) is 18.1 Å². The topological polar surface area (TPSA) is 104 Å². The lowest BCUT2D eigenvalue weighted by Crippen LogP contribution is -2.40. The van der Waals surface area contributed by atoms with Gasteiger partial charge in [0.15, 0.2) is 0 Å². The second-order valence-corrected chi connectivity index (χ2v) is 4.00. The summed E-state index contributed by atoms with van der Waals surface area (Å²) in [7, 11) is 0. The molecule has 0 bridgehead atoms. The highest BCUT2D eigenvalue weighted by molar-refractivity contribution is 5.90. The fraction of sp³-hybridized carbons (Fsp3) is 0.636. The molecule has 0 heterocycles. The maximum absolute atomic E-state index is 11.4. The molecule has 0 aromatic heterocycles. The zero-order valence-corrected chi connectivity index (χ0v) is 9.04. The quantitative estimate of drug-likeness (QED) is 0.479. The normalized spacial score (nSPS) is 30.0. The van der Waals surface area contributed by atoms with Gasteiger partial charge in [-0.1, -0.05) is 11.6 Å². The van der Waals surface area contributed by atoms with E-state index in [4.69, 9.17) is 5.73 Å². The van der Waals surface area contributed by atoms with Gasteiger partial charge in [-0.25, -0.2) is 0 Å². The minimum Gasteiger partial charge on any atom is -0.390 e. The molecule has 5 nitrogen and oxygen atoms in total. The molecule has 1 rings (SSSR count). The molecule has 0 aromatic rings. The van der Waals surface area contributed by atoms with E-state index in [1.165, 1.54) is 12.5 Å². The van der Waals surface area contributed by atoms with E-state index in [1.807, 2.05) is 0 Å².